The van der Waals surface area contributed by atoms with Gasteiger partial charge in [-0.25, -0.2) is 0 Å². The van der Waals surface area contributed by atoms with Crippen molar-refractivity contribution in [3.05, 3.63) is 71.3 Å². The predicted molar refractivity (Wildman–Crippen MR) is 90.2 cm³/mol. The number of benzene rings is 2. The third-order valence-electron chi connectivity index (χ3n) is 3.83. The molecule has 0 aliphatic heterocycles. The van der Waals surface area contributed by atoms with Gasteiger partial charge in [0.1, 0.15) is 0 Å². The van der Waals surface area contributed by atoms with Crippen LogP contribution in [0.2, 0.25) is 0 Å². The van der Waals surface area contributed by atoms with Gasteiger partial charge in [-0.05, 0) is 42.0 Å². The monoisotopic (exact) mass is 280 g/mol. The van der Waals surface area contributed by atoms with Crippen molar-refractivity contribution in [2.75, 3.05) is 0 Å². The Morgan fingerprint density at radius 2 is 1.43 bits per heavy atom. The zero-order valence-electron chi connectivity index (χ0n) is 13.0. The molecule has 2 aromatic carbocycles. The molecule has 0 saturated heterocycles. The Morgan fingerprint density at radius 3 is 1.86 bits per heavy atom. The molecule has 0 aliphatic rings. The summed E-state index contributed by atoms with van der Waals surface area (Å²) in [5.74, 6) is 0. The minimum Gasteiger partial charge on any atom is -0.392 e. The van der Waals surface area contributed by atoms with Crippen molar-refractivity contribution in [2.45, 2.75) is 39.7 Å². The van der Waals surface area contributed by atoms with Gasteiger partial charge in [-0.3, -0.25) is 0 Å². The van der Waals surface area contributed by atoms with Gasteiger partial charge in [0.05, 0.1) is 6.61 Å². The quantitative estimate of drug-likeness (QED) is 0.727. The standard InChI is InChI=1S/C20H24O/c1-3-5-16(4-2)14-17-6-10-19(11-7-17)20-12-8-18(15-21)9-13-20/h4,6-13,21H,3,5,14-15H2,1-2H3. The third-order valence-corrected chi connectivity index (χ3v) is 3.83. The van der Waals surface area contributed by atoms with Crippen LogP contribution in [-0.4, -0.2) is 5.11 Å². The summed E-state index contributed by atoms with van der Waals surface area (Å²) in [4.78, 5) is 0. The van der Waals surface area contributed by atoms with Crippen molar-refractivity contribution >= 4 is 0 Å². The van der Waals surface area contributed by atoms with E-state index in [1.807, 2.05) is 12.1 Å². The summed E-state index contributed by atoms with van der Waals surface area (Å²) < 4.78 is 0. The van der Waals surface area contributed by atoms with E-state index in [0.29, 0.717) is 0 Å². The molecule has 21 heavy (non-hydrogen) atoms. The number of allylic oxidation sites excluding steroid dienone is 2. The fourth-order valence-corrected chi connectivity index (χ4v) is 2.54. The maximum Gasteiger partial charge on any atom is 0.0681 e. The third kappa shape index (κ3) is 4.30. The van der Waals surface area contributed by atoms with Gasteiger partial charge < -0.3 is 5.11 Å². The van der Waals surface area contributed by atoms with Gasteiger partial charge in [-0.1, -0.05) is 73.5 Å². The van der Waals surface area contributed by atoms with Gasteiger partial charge >= 0.3 is 0 Å². The second kappa shape index (κ2) is 7.80. The number of aliphatic hydroxyl groups excluding tert-OH is 1. The highest BCUT2D eigenvalue weighted by molar-refractivity contribution is 5.64. The molecule has 0 radical (unpaired) electrons. The van der Waals surface area contributed by atoms with Gasteiger partial charge in [-0.15, -0.1) is 0 Å². The average molecular weight is 280 g/mol. The minimum atomic E-state index is 0.1000. The van der Waals surface area contributed by atoms with E-state index < -0.39 is 0 Å². The van der Waals surface area contributed by atoms with E-state index in [0.717, 1.165) is 12.0 Å². The maximum absolute atomic E-state index is 9.08. The Balaban J connectivity index is 2.10. The molecule has 0 saturated carbocycles. The molecule has 0 heterocycles. The molecule has 0 spiro atoms. The molecule has 110 valence electrons. The Labute approximate surface area is 128 Å². The van der Waals surface area contributed by atoms with Gasteiger partial charge in [0.25, 0.3) is 0 Å². The topological polar surface area (TPSA) is 20.2 Å². The summed E-state index contributed by atoms with van der Waals surface area (Å²) in [6, 6.07) is 16.9. The van der Waals surface area contributed by atoms with Crippen molar-refractivity contribution < 1.29 is 5.11 Å². The largest absolute Gasteiger partial charge is 0.392 e. The Kier molecular flexibility index (Phi) is 5.77. The van der Waals surface area contributed by atoms with E-state index in [4.69, 9.17) is 5.11 Å². The minimum absolute atomic E-state index is 0.1000. The van der Waals surface area contributed by atoms with Crippen LogP contribution >= 0.6 is 0 Å². The molecule has 0 aromatic heterocycles. The highest BCUT2D eigenvalue weighted by Gasteiger charge is 2.01. The lowest BCUT2D eigenvalue weighted by molar-refractivity contribution is 0.282. The number of rotatable bonds is 6. The van der Waals surface area contributed by atoms with E-state index in [9.17, 15) is 0 Å². The number of hydrogen-bond donors (Lipinski definition) is 1. The van der Waals surface area contributed by atoms with Crippen LogP contribution in [0.15, 0.2) is 60.2 Å². The summed E-state index contributed by atoms with van der Waals surface area (Å²) in [6.07, 6.45) is 5.68. The van der Waals surface area contributed by atoms with Crippen molar-refractivity contribution in [1.29, 1.82) is 0 Å². The van der Waals surface area contributed by atoms with Gasteiger partial charge in [0.15, 0.2) is 0 Å². The predicted octanol–water partition coefficient (Wildman–Crippen LogP) is 5.13. The Hall–Kier alpha value is -1.86. The van der Waals surface area contributed by atoms with Gasteiger partial charge in [0.2, 0.25) is 0 Å². The molecular formula is C20H24O. The molecule has 0 aliphatic carbocycles. The molecule has 1 nitrogen and oxygen atoms in total. The molecule has 0 bridgehead atoms. The van der Waals surface area contributed by atoms with E-state index in [1.165, 1.54) is 35.1 Å². The second-order valence-corrected chi connectivity index (χ2v) is 5.43. The highest BCUT2D eigenvalue weighted by atomic mass is 16.3. The van der Waals surface area contributed by atoms with Crippen LogP contribution in [0.1, 0.15) is 37.8 Å². The first-order valence-electron chi connectivity index (χ1n) is 7.70. The van der Waals surface area contributed by atoms with Crippen LogP contribution in [0.5, 0.6) is 0 Å². The van der Waals surface area contributed by atoms with Crippen LogP contribution in [0, 0.1) is 0 Å². The fraction of sp³-hybridized carbons (Fsp3) is 0.300. The molecular weight excluding hydrogens is 256 g/mol. The van der Waals surface area contributed by atoms with Crippen molar-refractivity contribution in [2.24, 2.45) is 0 Å². The Morgan fingerprint density at radius 1 is 0.905 bits per heavy atom. The van der Waals surface area contributed by atoms with Crippen LogP contribution < -0.4 is 0 Å². The summed E-state index contributed by atoms with van der Waals surface area (Å²) in [7, 11) is 0. The molecule has 0 unspecified atom stereocenters. The molecule has 0 amide bonds. The van der Waals surface area contributed by atoms with E-state index in [1.54, 1.807) is 0 Å². The summed E-state index contributed by atoms with van der Waals surface area (Å²) in [6.45, 7) is 4.45. The van der Waals surface area contributed by atoms with Gasteiger partial charge in [0, 0.05) is 0 Å². The smallest absolute Gasteiger partial charge is 0.0681 e. The highest BCUT2D eigenvalue weighted by Crippen LogP contribution is 2.22. The van der Waals surface area contributed by atoms with Crippen LogP contribution in [0.3, 0.4) is 0 Å². The SMILES string of the molecule is CC=C(CCC)Cc1ccc(-c2ccc(CO)cc2)cc1. The maximum atomic E-state index is 9.08. The lowest BCUT2D eigenvalue weighted by Crippen LogP contribution is -1.91. The normalized spacial score (nSPS) is 11.7. The molecule has 0 atom stereocenters. The van der Waals surface area contributed by atoms with E-state index in [2.05, 4.69) is 56.3 Å². The summed E-state index contributed by atoms with van der Waals surface area (Å²) in [5, 5.41) is 9.08. The molecule has 2 aromatic rings. The second-order valence-electron chi connectivity index (χ2n) is 5.43. The van der Waals surface area contributed by atoms with Crippen LogP contribution in [0.25, 0.3) is 11.1 Å². The van der Waals surface area contributed by atoms with Crippen LogP contribution in [-0.2, 0) is 13.0 Å². The van der Waals surface area contributed by atoms with E-state index in [-0.39, 0.29) is 6.61 Å². The number of aliphatic hydroxyl groups is 1. The van der Waals surface area contributed by atoms with Crippen LogP contribution in [0.4, 0.5) is 0 Å². The lowest BCUT2D eigenvalue weighted by atomic mass is 9.98. The lowest BCUT2D eigenvalue weighted by Gasteiger charge is -2.08. The molecule has 1 N–H and O–H groups in total. The zero-order valence-corrected chi connectivity index (χ0v) is 13.0. The van der Waals surface area contributed by atoms with Crippen molar-refractivity contribution in [1.82, 2.24) is 0 Å². The summed E-state index contributed by atoms with van der Waals surface area (Å²) >= 11 is 0. The van der Waals surface area contributed by atoms with Gasteiger partial charge in [-0.2, -0.15) is 0 Å². The van der Waals surface area contributed by atoms with Crippen molar-refractivity contribution in [3.8, 4) is 11.1 Å². The molecule has 2 rings (SSSR count). The molecule has 1 heteroatoms. The van der Waals surface area contributed by atoms with E-state index >= 15 is 0 Å². The summed E-state index contributed by atoms with van der Waals surface area (Å²) in [5.41, 5.74) is 6.25. The fourth-order valence-electron chi connectivity index (χ4n) is 2.54. The Bertz CT molecular complexity index is 576. The first kappa shape index (κ1) is 15.5. The first-order chi connectivity index (χ1) is 10.3. The molecule has 0 fully saturated rings. The average Bonchev–Trinajstić information content (AvgIpc) is 2.55. The number of hydrogen-bond acceptors (Lipinski definition) is 1. The van der Waals surface area contributed by atoms with Crippen molar-refractivity contribution in [3.63, 3.8) is 0 Å². The zero-order chi connectivity index (χ0) is 15.1. The first-order valence-corrected chi connectivity index (χ1v) is 7.70.